The van der Waals surface area contributed by atoms with Crippen LogP contribution in [0.25, 0.3) is 0 Å². The number of piperazine rings is 1. The Morgan fingerprint density at radius 3 is 2.78 bits per heavy atom. The van der Waals surface area contributed by atoms with E-state index >= 15 is 0 Å². The highest BCUT2D eigenvalue weighted by atomic mass is 35.5. The van der Waals surface area contributed by atoms with Gasteiger partial charge in [-0.2, -0.15) is 5.26 Å². The standard InChI is InChI=1S/C25H24ClN7O2S/c1-31(2)23(34)15-8-16(29-22(9-15)30-25-28-6-7-36-25)12-32-13-18-10-17(32)14-33(18)24(35)19-4-3-5-21(26)20(19)11-27/h3-9,17-18H,10,12-14H2,1-2H3,(H,28,29,30)/t17-,18-/m0/s1. The lowest BCUT2D eigenvalue weighted by Crippen LogP contribution is -2.48. The lowest BCUT2D eigenvalue weighted by Gasteiger charge is -2.34. The minimum Gasteiger partial charge on any atom is -0.345 e. The van der Waals surface area contributed by atoms with Crippen molar-refractivity contribution in [2.24, 2.45) is 0 Å². The molecule has 0 radical (unpaired) electrons. The van der Waals surface area contributed by atoms with Crippen molar-refractivity contribution in [1.82, 2.24) is 24.7 Å². The van der Waals surface area contributed by atoms with Gasteiger partial charge in [0.15, 0.2) is 5.13 Å². The Bertz CT molecular complexity index is 1350. The Morgan fingerprint density at radius 1 is 1.28 bits per heavy atom. The number of carbonyl (C=O) groups excluding carboxylic acids is 2. The summed E-state index contributed by atoms with van der Waals surface area (Å²) in [5.41, 5.74) is 1.89. The van der Waals surface area contributed by atoms with E-state index in [1.165, 1.54) is 11.3 Å². The second-order valence-corrected chi connectivity index (χ2v) is 10.4. The predicted octanol–water partition coefficient (Wildman–Crippen LogP) is 3.61. The smallest absolute Gasteiger partial charge is 0.255 e. The van der Waals surface area contributed by atoms with Crippen molar-refractivity contribution in [3.05, 3.63) is 69.3 Å². The maximum atomic E-state index is 13.2. The lowest BCUT2D eigenvalue weighted by atomic mass is 10.1. The van der Waals surface area contributed by atoms with Gasteiger partial charge in [0.05, 0.1) is 21.8 Å². The third-order valence-corrected chi connectivity index (χ3v) is 7.54. The zero-order chi connectivity index (χ0) is 25.4. The summed E-state index contributed by atoms with van der Waals surface area (Å²) in [6, 6.07) is 10.8. The number of nitrogens with zero attached hydrogens (tertiary/aromatic N) is 6. The Balaban J connectivity index is 1.33. The summed E-state index contributed by atoms with van der Waals surface area (Å²) in [6.07, 6.45) is 2.56. The molecule has 2 aliphatic rings. The molecule has 5 rings (SSSR count). The van der Waals surface area contributed by atoms with Gasteiger partial charge in [0.2, 0.25) is 0 Å². The number of halogens is 1. The molecule has 2 aromatic heterocycles. The van der Waals surface area contributed by atoms with Crippen LogP contribution in [0, 0.1) is 11.3 Å². The second-order valence-electron chi connectivity index (χ2n) is 9.10. The van der Waals surface area contributed by atoms with Crippen molar-refractivity contribution in [3.8, 4) is 6.07 Å². The van der Waals surface area contributed by atoms with Crippen LogP contribution in [0.4, 0.5) is 10.9 Å². The first kappa shape index (κ1) is 24.2. The summed E-state index contributed by atoms with van der Waals surface area (Å²) in [5, 5.41) is 15.5. The normalized spacial score (nSPS) is 18.8. The van der Waals surface area contributed by atoms with E-state index in [2.05, 4.69) is 21.3 Å². The van der Waals surface area contributed by atoms with Gasteiger partial charge in [-0.05, 0) is 30.7 Å². The molecule has 11 heteroatoms. The largest absolute Gasteiger partial charge is 0.345 e. The Hall–Kier alpha value is -3.52. The number of nitriles is 1. The summed E-state index contributed by atoms with van der Waals surface area (Å²) in [4.78, 5) is 40.6. The number of thiazole rings is 1. The van der Waals surface area contributed by atoms with Crippen LogP contribution in [-0.4, -0.2) is 75.8 Å². The molecule has 3 aromatic rings. The van der Waals surface area contributed by atoms with Gasteiger partial charge in [0, 0.05) is 63.0 Å². The van der Waals surface area contributed by atoms with Crippen LogP contribution in [0.5, 0.6) is 0 Å². The molecule has 2 fully saturated rings. The Kier molecular flexibility index (Phi) is 6.62. The third kappa shape index (κ3) is 4.65. The number of pyridine rings is 1. The van der Waals surface area contributed by atoms with Crippen LogP contribution < -0.4 is 5.32 Å². The van der Waals surface area contributed by atoms with Crippen molar-refractivity contribution in [1.29, 1.82) is 5.26 Å². The number of aromatic nitrogens is 2. The molecule has 0 spiro atoms. The first-order valence-corrected chi connectivity index (χ1v) is 12.7. The maximum absolute atomic E-state index is 13.2. The van der Waals surface area contributed by atoms with Crippen LogP contribution in [-0.2, 0) is 6.54 Å². The topological polar surface area (TPSA) is 105 Å². The highest BCUT2D eigenvalue weighted by molar-refractivity contribution is 7.13. The number of carbonyl (C=O) groups is 2. The van der Waals surface area contributed by atoms with Gasteiger partial charge in [0.25, 0.3) is 11.8 Å². The van der Waals surface area contributed by atoms with E-state index in [0.717, 1.165) is 12.1 Å². The van der Waals surface area contributed by atoms with E-state index in [0.29, 0.717) is 41.7 Å². The fraction of sp³-hybridized carbons (Fsp3) is 0.320. The van der Waals surface area contributed by atoms with Crippen molar-refractivity contribution in [3.63, 3.8) is 0 Å². The monoisotopic (exact) mass is 521 g/mol. The zero-order valence-corrected chi connectivity index (χ0v) is 21.4. The van der Waals surface area contributed by atoms with Gasteiger partial charge in [0.1, 0.15) is 11.9 Å². The van der Waals surface area contributed by atoms with Crippen molar-refractivity contribution in [2.75, 3.05) is 32.5 Å². The molecule has 2 aliphatic heterocycles. The number of hydrogen-bond donors (Lipinski definition) is 1. The highest BCUT2D eigenvalue weighted by Crippen LogP contribution is 2.34. The van der Waals surface area contributed by atoms with Crippen molar-refractivity contribution in [2.45, 2.75) is 25.0 Å². The predicted molar refractivity (Wildman–Crippen MR) is 137 cm³/mol. The van der Waals surface area contributed by atoms with Gasteiger partial charge in [-0.25, -0.2) is 9.97 Å². The van der Waals surface area contributed by atoms with Crippen LogP contribution >= 0.6 is 22.9 Å². The average Bonchev–Trinajstić information content (AvgIpc) is 3.60. The Labute approximate surface area is 217 Å². The summed E-state index contributed by atoms with van der Waals surface area (Å²) < 4.78 is 0. The minimum atomic E-state index is -0.159. The van der Waals surface area contributed by atoms with E-state index in [9.17, 15) is 14.9 Å². The molecule has 2 atom stereocenters. The summed E-state index contributed by atoms with van der Waals surface area (Å²) in [5.74, 6) is 0.307. The Morgan fingerprint density at radius 2 is 2.11 bits per heavy atom. The molecule has 36 heavy (non-hydrogen) atoms. The van der Waals surface area contributed by atoms with E-state index in [1.807, 2.05) is 16.3 Å². The number of benzene rings is 1. The molecule has 1 N–H and O–H groups in total. The molecular weight excluding hydrogens is 498 g/mol. The molecule has 4 heterocycles. The molecule has 0 unspecified atom stereocenters. The third-order valence-electron chi connectivity index (χ3n) is 6.53. The van der Waals surface area contributed by atoms with Crippen molar-refractivity contribution < 1.29 is 9.59 Å². The fourth-order valence-corrected chi connectivity index (χ4v) is 5.63. The number of likely N-dealkylation sites (tertiary alicyclic amines) is 2. The van der Waals surface area contributed by atoms with Crippen LogP contribution in [0.15, 0.2) is 41.9 Å². The van der Waals surface area contributed by atoms with Gasteiger partial charge in [-0.15, -0.1) is 11.3 Å². The number of rotatable bonds is 6. The van der Waals surface area contributed by atoms with E-state index < -0.39 is 0 Å². The van der Waals surface area contributed by atoms with Gasteiger partial charge in [-0.3, -0.25) is 14.5 Å². The lowest BCUT2D eigenvalue weighted by molar-refractivity contribution is 0.0614. The number of nitrogens with one attached hydrogen (secondary N) is 1. The highest BCUT2D eigenvalue weighted by Gasteiger charge is 2.45. The first-order valence-electron chi connectivity index (χ1n) is 11.5. The minimum absolute atomic E-state index is 0.0486. The first-order chi connectivity index (χ1) is 17.3. The summed E-state index contributed by atoms with van der Waals surface area (Å²) >= 11 is 7.60. The summed E-state index contributed by atoms with van der Waals surface area (Å²) in [7, 11) is 3.44. The molecule has 2 amide bonds. The number of hydrogen-bond acceptors (Lipinski definition) is 8. The second kappa shape index (κ2) is 9.85. The molecule has 0 saturated carbocycles. The molecule has 2 saturated heterocycles. The molecule has 184 valence electrons. The number of fused-ring (bicyclic) bond motifs is 2. The van der Waals surface area contributed by atoms with Crippen LogP contribution in [0.2, 0.25) is 5.02 Å². The fourth-order valence-electron chi connectivity index (χ4n) is 4.88. The maximum Gasteiger partial charge on any atom is 0.255 e. The number of anilines is 2. The molecule has 2 bridgehead atoms. The van der Waals surface area contributed by atoms with E-state index in [-0.39, 0.29) is 34.5 Å². The zero-order valence-electron chi connectivity index (χ0n) is 19.8. The SMILES string of the molecule is CN(C)C(=O)c1cc(CN2C[C@@H]3C[C@H]2CN3C(=O)c2cccc(Cl)c2C#N)nc(Nc2nccs2)c1. The molecule has 0 aliphatic carbocycles. The number of amides is 2. The molecule has 9 nitrogen and oxygen atoms in total. The van der Waals surface area contributed by atoms with Gasteiger partial charge in [-0.1, -0.05) is 17.7 Å². The van der Waals surface area contributed by atoms with E-state index in [4.69, 9.17) is 16.6 Å². The average molecular weight is 522 g/mol. The van der Waals surface area contributed by atoms with Gasteiger partial charge >= 0.3 is 0 Å². The molecule has 1 aromatic carbocycles. The van der Waals surface area contributed by atoms with Crippen LogP contribution in [0.1, 0.15) is 38.4 Å². The van der Waals surface area contributed by atoms with Crippen LogP contribution in [0.3, 0.4) is 0 Å². The van der Waals surface area contributed by atoms with Gasteiger partial charge < -0.3 is 15.1 Å². The van der Waals surface area contributed by atoms with Crippen molar-refractivity contribution >= 4 is 45.7 Å². The molecular formula is C25H24ClN7O2S. The van der Waals surface area contributed by atoms with E-state index in [1.54, 1.807) is 49.5 Å². The summed E-state index contributed by atoms with van der Waals surface area (Å²) in [6.45, 7) is 1.83. The quantitative estimate of drug-likeness (QED) is 0.528.